The Bertz CT molecular complexity index is 2170. The van der Waals surface area contributed by atoms with Crippen molar-refractivity contribution in [3.05, 3.63) is 186 Å². The minimum atomic E-state index is -0.271. The number of rotatable bonds is 4. The first-order valence-electron chi connectivity index (χ1n) is 16.2. The normalized spacial score (nSPS) is 15.9. The molecule has 3 heteroatoms. The molecule has 0 amide bonds. The third kappa shape index (κ3) is 3.78. The van der Waals surface area contributed by atoms with Gasteiger partial charge in [-0.25, -0.2) is 0 Å². The van der Waals surface area contributed by atoms with Gasteiger partial charge in [0.2, 0.25) is 6.71 Å². The number of allylic oxidation sites excluding steroid dienone is 3. The number of para-hydroxylation sites is 3. The summed E-state index contributed by atoms with van der Waals surface area (Å²) in [5, 5.41) is 0. The molecule has 6 aromatic carbocycles. The highest BCUT2D eigenvalue weighted by atomic mass is 15.2. The SMILES string of the molecule is CC1(C)C2=C(C(c3ccccc3)=C1c1ccccc1)N(c1ccccc1)c1cccc3c1B2c1ccccc1N3c1ccccc1. The Balaban J connectivity index is 1.43. The molecule has 0 atom stereocenters. The number of hydrogen-bond donors (Lipinski definition) is 0. The zero-order chi connectivity index (χ0) is 30.8. The first kappa shape index (κ1) is 26.8. The number of fused-ring (bicyclic) bond motifs is 3. The van der Waals surface area contributed by atoms with Gasteiger partial charge in [0.1, 0.15) is 0 Å². The van der Waals surface area contributed by atoms with Crippen molar-refractivity contribution in [1.82, 2.24) is 0 Å². The maximum atomic E-state index is 2.56. The molecule has 0 saturated heterocycles. The van der Waals surface area contributed by atoms with Gasteiger partial charge in [-0.15, -0.1) is 0 Å². The summed E-state index contributed by atoms with van der Waals surface area (Å²) in [4.78, 5) is 5.02. The summed E-state index contributed by atoms with van der Waals surface area (Å²) in [6.45, 7) is 4.99. The first-order chi connectivity index (χ1) is 22.6. The van der Waals surface area contributed by atoms with Gasteiger partial charge in [-0.1, -0.05) is 141 Å². The molecule has 0 fully saturated rings. The molecule has 0 radical (unpaired) electrons. The Morgan fingerprint density at radius 1 is 0.457 bits per heavy atom. The van der Waals surface area contributed by atoms with E-state index in [0.717, 1.165) is 0 Å². The molecular formula is C43H33BN2. The van der Waals surface area contributed by atoms with Gasteiger partial charge in [-0.05, 0) is 70.1 Å². The van der Waals surface area contributed by atoms with E-state index in [1.807, 2.05) is 0 Å². The van der Waals surface area contributed by atoms with Crippen LogP contribution in [0.5, 0.6) is 0 Å². The van der Waals surface area contributed by atoms with Crippen molar-refractivity contribution in [2.24, 2.45) is 5.41 Å². The van der Waals surface area contributed by atoms with Crippen LogP contribution in [-0.2, 0) is 0 Å². The van der Waals surface area contributed by atoms with Crippen molar-refractivity contribution in [2.75, 3.05) is 9.80 Å². The molecule has 2 aliphatic heterocycles. The predicted molar refractivity (Wildman–Crippen MR) is 195 cm³/mol. The number of hydrogen-bond acceptors (Lipinski definition) is 2. The zero-order valence-corrected chi connectivity index (χ0v) is 26.1. The van der Waals surface area contributed by atoms with Crippen molar-refractivity contribution in [3.63, 3.8) is 0 Å². The van der Waals surface area contributed by atoms with Crippen LogP contribution in [-0.4, -0.2) is 6.71 Å². The van der Waals surface area contributed by atoms with E-state index in [2.05, 4.69) is 187 Å². The number of anilines is 5. The molecule has 218 valence electrons. The highest BCUT2D eigenvalue weighted by Crippen LogP contribution is 2.60. The van der Waals surface area contributed by atoms with Gasteiger partial charge >= 0.3 is 0 Å². The van der Waals surface area contributed by atoms with Crippen LogP contribution < -0.4 is 20.7 Å². The van der Waals surface area contributed by atoms with Crippen molar-refractivity contribution in [2.45, 2.75) is 13.8 Å². The van der Waals surface area contributed by atoms with Crippen molar-refractivity contribution >= 4 is 57.2 Å². The molecule has 0 saturated carbocycles. The minimum Gasteiger partial charge on any atom is -0.311 e. The highest BCUT2D eigenvalue weighted by molar-refractivity contribution is 6.95. The summed E-state index contributed by atoms with van der Waals surface area (Å²) in [5.74, 6) is 0. The van der Waals surface area contributed by atoms with E-state index in [4.69, 9.17) is 0 Å². The fraction of sp³-hybridized carbons (Fsp3) is 0.0698. The fourth-order valence-electron chi connectivity index (χ4n) is 8.29. The quantitative estimate of drug-likeness (QED) is 0.189. The Morgan fingerprint density at radius 2 is 0.935 bits per heavy atom. The van der Waals surface area contributed by atoms with Crippen molar-refractivity contribution in [1.29, 1.82) is 0 Å². The van der Waals surface area contributed by atoms with Gasteiger partial charge in [-0.3, -0.25) is 0 Å². The lowest BCUT2D eigenvalue weighted by Gasteiger charge is -2.46. The largest absolute Gasteiger partial charge is 0.311 e. The lowest BCUT2D eigenvalue weighted by atomic mass is 9.30. The van der Waals surface area contributed by atoms with Crippen molar-refractivity contribution < 1.29 is 0 Å². The average Bonchev–Trinajstić information content (AvgIpc) is 3.36. The third-order valence-corrected chi connectivity index (χ3v) is 10.0. The molecule has 2 heterocycles. The van der Waals surface area contributed by atoms with Crippen LogP contribution in [0.3, 0.4) is 0 Å². The lowest BCUT2D eigenvalue weighted by Crippen LogP contribution is -2.57. The first-order valence-corrected chi connectivity index (χ1v) is 16.2. The summed E-state index contributed by atoms with van der Waals surface area (Å²) in [7, 11) is 0. The third-order valence-electron chi connectivity index (χ3n) is 10.0. The number of nitrogens with zero attached hydrogens (tertiary/aromatic N) is 2. The van der Waals surface area contributed by atoms with Crippen LogP contribution in [0.1, 0.15) is 25.0 Å². The van der Waals surface area contributed by atoms with E-state index in [1.165, 1.54) is 72.8 Å². The predicted octanol–water partition coefficient (Wildman–Crippen LogP) is 9.67. The van der Waals surface area contributed by atoms with E-state index in [0.29, 0.717) is 0 Å². The second-order valence-electron chi connectivity index (χ2n) is 12.9. The van der Waals surface area contributed by atoms with E-state index in [1.54, 1.807) is 0 Å². The van der Waals surface area contributed by atoms with Crippen LogP contribution in [0.25, 0.3) is 11.1 Å². The van der Waals surface area contributed by atoms with Gasteiger partial charge < -0.3 is 9.80 Å². The van der Waals surface area contributed by atoms with Crippen LogP contribution >= 0.6 is 0 Å². The molecule has 6 aromatic rings. The van der Waals surface area contributed by atoms with Gasteiger partial charge in [-0.2, -0.15) is 0 Å². The Kier molecular flexibility index (Phi) is 5.98. The second kappa shape index (κ2) is 10.3. The smallest absolute Gasteiger partial charge is 0.248 e. The summed E-state index contributed by atoms with van der Waals surface area (Å²) in [6.07, 6.45) is 0. The summed E-state index contributed by atoms with van der Waals surface area (Å²) in [6, 6.07) is 59.8. The molecule has 0 unspecified atom stereocenters. The second-order valence-corrected chi connectivity index (χ2v) is 12.9. The van der Waals surface area contributed by atoms with Crippen LogP contribution in [0.2, 0.25) is 0 Å². The Hall–Kier alpha value is -5.54. The van der Waals surface area contributed by atoms with E-state index >= 15 is 0 Å². The highest BCUT2D eigenvalue weighted by Gasteiger charge is 2.53. The molecule has 0 bridgehead atoms. The Labute approximate surface area is 271 Å². The van der Waals surface area contributed by atoms with Crippen LogP contribution in [0.15, 0.2) is 175 Å². The van der Waals surface area contributed by atoms with E-state index in [-0.39, 0.29) is 12.1 Å². The Morgan fingerprint density at radius 3 is 1.57 bits per heavy atom. The summed E-state index contributed by atoms with van der Waals surface area (Å²) < 4.78 is 0. The molecule has 2 nitrogen and oxygen atoms in total. The van der Waals surface area contributed by atoms with E-state index in [9.17, 15) is 0 Å². The summed E-state index contributed by atoms with van der Waals surface area (Å²) in [5.41, 5.74) is 16.5. The molecule has 1 aliphatic carbocycles. The van der Waals surface area contributed by atoms with Gasteiger partial charge in [0.05, 0.1) is 0 Å². The van der Waals surface area contributed by atoms with Crippen LogP contribution in [0.4, 0.5) is 28.4 Å². The zero-order valence-electron chi connectivity index (χ0n) is 26.1. The molecule has 46 heavy (non-hydrogen) atoms. The number of benzene rings is 6. The fourth-order valence-corrected chi connectivity index (χ4v) is 8.29. The van der Waals surface area contributed by atoms with Crippen LogP contribution in [0, 0.1) is 5.41 Å². The molecular weight excluding hydrogens is 555 g/mol. The van der Waals surface area contributed by atoms with E-state index < -0.39 is 0 Å². The molecule has 0 aromatic heterocycles. The summed E-state index contributed by atoms with van der Waals surface area (Å²) >= 11 is 0. The van der Waals surface area contributed by atoms with Gasteiger partial charge in [0, 0.05) is 45.1 Å². The monoisotopic (exact) mass is 588 g/mol. The molecule has 3 aliphatic rings. The minimum absolute atomic E-state index is 0.0900. The maximum absolute atomic E-state index is 2.56. The standard InChI is InChI=1S/C43H33BN2/c1-43(2)39(31-20-9-4-10-21-31)38(30-18-7-3-8-19-30)41-42(43)44-34-26-15-16-27-35(34)45(32-22-11-5-12-23-32)36-28-17-29-37(40(36)44)46(41)33-24-13-6-14-25-33/h3-29H,1-2H3. The molecule has 0 spiro atoms. The van der Waals surface area contributed by atoms with Gasteiger partial charge in [0.15, 0.2) is 0 Å². The topological polar surface area (TPSA) is 6.48 Å². The maximum Gasteiger partial charge on any atom is 0.248 e. The average molecular weight is 589 g/mol. The van der Waals surface area contributed by atoms with Gasteiger partial charge in [0.25, 0.3) is 0 Å². The molecule has 0 N–H and O–H groups in total. The lowest BCUT2D eigenvalue weighted by molar-refractivity contribution is 0.637. The van der Waals surface area contributed by atoms with Crippen molar-refractivity contribution in [3.8, 4) is 0 Å². The molecule has 9 rings (SSSR count).